The molecule has 582 valence electrons. The fourth-order valence-electron chi connectivity index (χ4n) is 12.9. The number of amides is 12. The van der Waals surface area contributed by atoms with Gasteiger partial charge in [0.15, 0.2) is 10.7 Å². The number of unbranched alkanes of at least 4 members (excludes halogenated alkanes) is 1. The number of aliphatic carboxylic acids is 2. The average Bonchev–Trinajstić information content (AvgIpc) is 1.59. The molecule has 10 atom stereocenters. The van der Waals surface area contributed by atoms with Crippen molar-refractivity contribution in [2.24, 2.45) is 17.4 Å². The molecule has 0 saturated carbocycles. The minimum absolute atomic E-state index is 0.0895. The summed E-state index contributed by atoms with van der Waals surface area (Å²) in [6.07, 6.45) is 0.00983. The van der Waals surface area contributed by atoms with Crippen LogP contribution in [0.25, 0.3) is 0 Å². The standard InChI is InChI=1S/C73H88N14O21S/c1-36(2)60(78-38(4)88)70(105)87-29-13-19-54(87)69(104)83-49-18-10-6-9-17-48(81-67(102)51(30-39-14-7-5-8-15-39)85-65(100)50(82-63(49)98)26-27-57(74)91)64(99)86-52(34-58(92)93)66(101)77-37(3)62(97)84-53(35-59(94)95)68(103)80-47(61(75)96)16-11-12-28-76-72(109)79-40-20-23-44-43(31-40)71(106)108-73(44)45-24-21-41(89)32-55(45)107-56-33-42(90)22-25-46(56)73/h5-8,10,14-15,20-25,31-33,36-37,47-54,60,89-90H,9,11-13,16-19,26-30,34-35H2,1-4H3,(H2,74,91)(H2,75,96)(H,77,101)(H,78,88)(H,80,103)(H,81,102)(H,82,98)(H,83,104)(H,84,97)(H,85,100)(H,86,99)(H,92,93)(H,94,95)(H2,76,79,109)/b10-6-/t37-,47-,48-,49-,50-,51-,52-,53-,54-,60-/m0/s1. The monoisotopic (exact) mass is 1530 g/mol. The first kappa shape index (κ1) is 82.4. The van der Waals surface area contributed by atoms with Gasteiger partial charge in [-0.2, -0.15) is 0 Å². The Balaban J connectivity index is 0.892. The van der Waals surface area contributed by atoms with Gasteiger partial charge in [-0.25, -0.2) is 4.79 Å². The minimum atomic E-state index is -2.00. The van der Waals surface area contributed by atoms with E-state index in [1.165, 1.54) is 48.2 Å². The third kappa shape index (κ3) is 21.7. The Morgan fingerprint density at radius 2 is 1.29 bits per heavy atom. The Bertz CT molecular complexity index is 4180. The highest BCUT2D eigenvalue weighted by Gasteiger charge is 2.54. The SMILES string of the molecule is CC(=O)N[C@H](C(=O)N1CCC[C@H]1C(=O)N[C@H]1C/C=C\CC[C@@H](C(=O)N[C@@H](CC(=O)O)C(=O)N[C@@H](C)C(=O)N[C@@H](CC(=O)O)C(=O)N[C@@H](CCCCNC(=S)Nc2ccc3c(c2)C(=O)OC32c3ccc(O)cc3Oc3cc(O)ccc32)C(N)=O)NC(=O)[C@H](Cc2ccccc2)NC(=O)[C@H](CCC(N)=O)NC1=O)C(C)C. The van der Waals surface area contributed by atoms with Crippen LogP contribution in [-0.2, 0) is 83.9 Å². The number of allylic oxidation sites excluding steroid dienone is 1. The van der Waals surface area contributed by atoms with Crippen molar-refractivity contribution in [3.8, 4) is 23.0 Å². The van der Waals surface area contributed by atoms with Crippen LogP contribution in [0.1, 0.15) is 137 Å². The Kier molecular flexibility index (Phi) is 28.2. The van der Waals surface area contributed by atoms with Crippen LogP contribution in [0, 0.1) is 5.92 Å². The number of carboxylic acids is 2. The van der Waals surface area contributed by atoms with Crippen LogP contribution < -0.4 is 74.7 Å². The van der Waals surface area contributed by atoms with Crippen LogP contribution in [0.4, 0.5) is 5.69 Å². The van der Waals surface area contributed by atoms with Gasteiger partial charge in [-0.15, -0.1) is 0 Å². The molecule has 19 N–H and O–H groups in total. The molecule has 4 aliphatic heterocycles. The molecule has 0 bridgehead atoms. The number of carbonyl (C=O) groups is 15. The van der Waals surface area contributed by atoms with E-state index in [1.807, 2.05) is 0 Å². The predicted molar refractivity (Wildman–Crippen MR) is 390 cm³/mol. The van der Waals surface area contributed by atoms with Gasteiger partial charge < -0.3 is 105 Å². The number of anilines is 1. The number of ether oxygens (including phenoxy) is 2. The van der Waals surface area contributed by atoms with E-state index in [4.69, 9.17) is 33.2 Å². The van der Waals surface area contributed by atoms with E-state index in [9.17, 15) is 92.3 Å². The lowest BCUT2D eigenvalue weighted by atomic mass is 9.77. The molecule has 36 heteroatoms. The first-order valence-electron chi connectivity index (χ1n) is 35.2. The molecular formula is C73H88N14O21S. The van der Waals surface area contributed by atoms with Crippen molar-refractivity contribution >= 4 is 112 Å². The van der Waals surface area contributed by atoms with Gasteiger partial charge in [0.2, 0.25) is 70.9 Å². The molecule has 109 heavy (non-hydrogen) atoms. The maximum absolute atomic E-state index is 14.5. The summed E-state index contributed by atoms with van der Waals surface area (Å²) in [5, 5.41) is 68.6. The molecule has 0 aliphatic carbocycles. The third-order valence-electron chi connectivity index (χ3n) is 18.5. The number of phenols is 2. The Morgan fingerprint density at radius 1 is 0.679 bits per heavy atom. The number of primary amides is 2. The van der Waals surface area contributed by atoms with Crippen LogP contribution in [0.15, 0.2) is 97.1 Å². The van der Waals surface area contributed by atoms with Crippen LogP contribution in [-0.4, -0.2) is 193 Å². The molecule has 1 spiro atoms. The lowest BCUT2D eigenvalue weighted by Crippen LogP contribution is -2.60. The van der Waals surface area contributed by atoms with E-state index >= 15 is 0 Å². The van der Waals surface area contributed by atoms with Gasteiger partial charge in [-0.1, -0.05) is 62.4 Å². The molecule has 1 fully saturated rings. The Morgan fingerprint density at radius 3 is 1.92 bits per heavy atom. The predicted octanol–water partition coefficient (Wildman–Crippen LogP) is -0.145. The highest BCUT2D eigenvalue weighted by atomic mass is 32.1. The molecule has 4 aromatic rings. The second-order valence-corrected chi connectivity index (χ2v) is 27.4. The van der Waals surface area contributed by atoms with Gasteiger partial charge >= 0.3 is 17.9 Å². The number of phenolic OH excluding ortho intramolecular Hbond substituents is 2. The number of carbonyl (C=O) groups excluding carboxylic acids is 13. The zero-order valence-electron chi connectivity index (χ0n) is 59.9. The molecule has 8 rings (SSSR count). The van der Waals surface area contributed by atoms with E-state index in [-0.39, 0.29) is 97.6 Å². The number of nitrogens with two attached hydrogens (primary N) is 2. The normalized spacial score (nSPS) is 19.6. The molecule has 12 amide bonds. The molecule has 4 aliphatic rings. The van der Waals surface area contributed by atoms with Crippen molar-refractivity contribution in [2.45, 2.75) is 177 Å². The van der Waals surface area contributed by atoms with E-state index in [0.717, 1.165) is 6.92 Å². The van der Waals surface area contributed by atoms with Gasteiger partial charge in [-0.05, 0) is 125 Å². The van der Waals surface area contributed by atoms with Crippen molar-refractivity contribution < 1.29 is 102 Å². The van der Waals surface area contributed by atoms with Crippen molar-refractivity contribution in [1.29, 1.82) is 0 Å². The Hall–Kier alpha value is -12.2. The van der Waals surface area contributed by atoms with Crippen LogP contribution in [0.3, 0.4) is 0 Å². The van der Waals surface area contributed by atoms with Gasteiger partial charge in [0.05, 0.1) is 18.4 Å². The zero-order valence-corrected chi connectivity index (χ0v) is 60.8. The van der Waals surface area contributed by atoms with E-state index in [0.29, 0.717) is 40.8 Å². The Labute approximate surface area is 629 Å². The fourth-order valence-corrected chi connectivity index (χ4v) is 13.2. The number of hydrogen-bond donors (Lipinski definition) is 17. The van der Waals surface area contributed by atoms with E-state index < -0.39 is 180 Å². The number of thiocarbonyl (C=S) groups is 1. The molecule has 0 unspecified atom stereocenters. The quantitative estimate of drug-likeness (QED) is 0.0146. The number of hydrogen-bond acceptors (Lipinski definition) is 20. The summed E-state index contributed by atoms with van der Waals surface area (Å²) in [4.78, 5) is 203. The number of fused-ring (bicyclic) bond motifs is 6. The first-order chi connectivity index (χ1) is 51.7. The highest BCUT2D eigenvalue weighted by molar-refractivity contribution is 7.80. The number of aromatic hydroxyl groups is 2. The number of nitrogens with zero attached hydrogens (tertiary/aromatic N) is 1. The summed E-state index contributed by atoms with van der Waals surface area (Å²) in [6.45, 7) is 6.13. The van der Waals surface area contributed by atoms with Crippen LogP contribution in [0.5, 0.6) is 23.0 Å². The highest BCUT2D eigenvalue weighted by Crippen LogP contribution is 2.57. The van der Waals surface area contributed by atoms with Gasteiger partial charge in [0.1, 0.15) is 83.4 Å². The molecule has 0 radical (unpaired) electrons. The van der Waals surface area contributed by atoms with Crippen molar-refractivity contribution in [1.82, 2.24) is 58.1 Å². The molecule has 35 nitrogen and oxygen atoms in total. The van der Waals surface area contributed by atoms with Gasteiger partial charge in [0.25, 0.3) is 0 Å². The largest absolute Gasteiger partial charge is 0.508 e. The molecule has 4 aromatic carbocycles. The van der Waals surface area contributed by atoms with E-state index in [2.05, 4.69) is 58.5 Å². The number of likely N-dealkylation sites (tertiary alicyclic amines) is 1. The zero-order chi connectivity index (χ0) is 79.6. The minimum Gasteiger partial charge on any atom is -0.508 e. The maximum atomic E-state index is 14.5. The van der Waals surface area contributed by atoms with Crippen LogP contribution >= 0.6 is 12.2 Å². The fraction of sp³-hybridized carbons (Fsp3) is 0.425. The summed E-state index contributed by atoms with van der Waals surface area (Å²) in [5.74, 6) is -15.4. The second-order valence-electron chi connectivity index (χ2n) is 27.0. The molecular weight excluding hydrogens is 1440 g/mol. The summed E-state index contributed by atoms with van der Waals surface area (Å²) in [5.41, 5.74) is 12.0. The summed E-state index contributed by atoms with van der Waals surface area (Å²) in [6, 6.07) is 6.51. The summed E-state index contributed by atoms with van der Waals surface area (Å²) in [7, 11) is 0. The number of esters is 1. The molecule has 1 saturated heterocycles. The molecule has 4 heterocycles. The number of benzene rings is 4. The lowest BCUT2D eigenvalue weighted by Gasteiger charge is -2.36. The van der Waals surface area contributed by atoms with Crippen molar-refractivity contribution in [2.75, 3.05) is 18.4 Å². The van der Waals surface area contributed by atoms with Gasteiger partial charge in [-0.3, -0.25) is 67.1 Å². The third-order valence-corrected chi connectivity index (χ3v) is 18.7. The van der Waals surface area contributed by atoms with Crippen molar-refractivity contribution in [3.63, 3.8) is 0 Å². The number of nitrogens with one attached hydrogen (secondary N) is 11. The topological polar surface area (TPSA) is 543 Å². The average molecular weight is 1530 g/mol. The maximum Gasteiger partial charge on any atom is 0.340 e. The molecule has 0 aromatic heterocycles. The van der Waals surface area contributed by atoms with E-state index in [1.54, 1.807) is 74.5 Å². The van der Waals surface area contributed by atoms with Crippen molar-refractivity contribution in [3.05, 3.63) is 125 Å². The number of carboxylic acid groups (broad SMARTS) is 2. The smallest absolute Gasteiger partial charge is 0.340 e. The number of rotatable bonds is 29. The van der Waals surface area contributed by atoms with Crippen LogP contribution in [0.2, 0.25) is 0 Å². The first-order valence-corrected chi connectivity index (χ1v) is 35.6. The van der Waals surface area contributed by atoms with Gasteiger partial charge in [0, 0.05) is 67.4 Å². The lowest BCUT2D eigenvalue weighted by molar-refractivity contribution is -0.143. The summed E-state index contributed by atoms with van der Waals surface area (Å²) >= 11 is 5.52. The summed E-state index contributed by atoms with van der Waals surface area (Å²) < 4.78 is 12.1. The second kappa shape index (κ2) is 37.3.